The first-order valence-electron chi connectivity index (χ1n) is 6.32. The van der Waals surface area contributed by atoms with Crippen LogP contribution in [0.5, 0.6) is 0 Å². The van der Waals surface area contributed by atoms with Crippen LogP contribution in [0.4, 0.5) is 4.79 Å². The molecule has 0 heterocycles. The van der Waals surface area contributed by atoms with E-state index in [0.717, 1.165) is 0 Å². The highest BCUT2D eigenvalue weighted by Gasteiger charge is 2.23. The van der Waals surface area contributed by atoms with Crippen molar-refractivity contribution in [2.75, 3.05) is 19.8 Å². The lowest BCUT2D eigenvalue weighted by Gasteiger charge is -2.24. The molecule has 1 unspecified atom stereocenters. The normalized spacial score (nSPS) is 13.7. The maximum atomic E-state index is 11.4. The van der Waals surface area contributed by atoms with Gasteiger partial charge in [0.15, 0.2) is 0 Å². The molecule has 118 valence electrons. The van der Waals surface area contributed by atoms with Gasteiger partial charge in [-0.2, -0.15) is 5.06 Å². The van der Waals surface area contributed by atoms with Gasteiger partial charge in [-0.1, -0.05) is 5.16 Å². The van der Waals surface area contributed by atoms with Crippen LogP contribution in [0.15, 0.2) is 5.16 Å². The Kier molecular flexibility index (Phi) is 7.93. The third-order valence-electron chi connectivity index (χ3n) is 1.80. The zero-order chi connectivity index (χ0) is 15.8. The summed E-state index contributed by atoms with van der Waals surface area (Å²) in [6.45, 7) is 8.34. The monoisotopic (exact) mass is 292 g/mol. The van der Waals surface area contributed by atoms with E-state index in [9.17, 15) is 15.1 Å². The van der Waals surface area contributed by atoms with Crippen molar-refractivity contribution in [1.82, 2.24) is 5.06 Å². The summed E-state index contributed by atoms with van der Waals surface area (Å²) in [5, 5.41) is 22.9. The first kappa shape index (κ1) is 18.5. The number of aliphatic hydroxyl groups is 1. The van der Waals surface area contributed by atoms with Gasteiger partial charge in [-0.15, -0.1) is 0 Å². The highest BCUT2D eigenvalue weighted by molar-refractivity contribution is 5.72. The number of nitrogens with zero attached hydrogens (tertiary/aromatic N) is 2. The van der Waals surface area contributed by atoms with Crippen molar-refractivity contribution in [3.8, 4) is 0 Å². The van der Waals surface area contributed by atoms with Crippen LogP contribution in [0, 0.1) is 0 Å². The predicted octanol–water partition coefficient (Wildman–Crippen LogP) is 1.36. The van der Waals surface area contributed by atoms with Gasteiger partial charge < -0.3 is 19.4 Å². The third-order valence-corrected chi connectivity index (χ3v) is 1.80. The molecule has 8 heteroatoms. The fourth-order valence-electron chi connectivity index (χ4n) is 1.09. The summed E-state index contributed by atoms with van der Waals surface area (Å²) < 4.78 is 9.92. The minimum absolute atomic E-state index is 0.190. The molecule has 2 N–H and O–H groups in total. The van der Waals surface area contributed by atoms with Crippen LogP contribution in [-0.4, -0.2) is 58.8 Å². The number of ether oxygens (including phenoxy) is 2. The molecule has 20 heavy (non-hydrogen) atoms. The molecule has 0 spiro atoms. The average molecular weight is 292 g/mol. The second-order valence-corrected chi connectivity index (χ2v) is 5.06. The zero-order valence-electron chi connectivity index (χ0n) is 12.6. The molecule has 0 aromatic rings. The largest absolute Gasteiger partial charge is 0.479 e. The van der Waals surface area contributed by atoms with E-state index in [1.807, 2.05) is 0 Å². The van der Waals surface area contributed by atoms with Crippen molar-refractivity contribution in [2.24, 2.45) is 5.16 Å². The molecule has 0 aliphatic heterocycles. The summed E-state index contributed by atoms with van der Waals surface area (Å²) in [5.41, 5.74) is -0.724. The molecule has 0 aromatic heterocycles. The van der Waals surface area contributed by atoms with E-state index in [1.54, 1.807) is 34.6 Å². The molecule has 0 saturated carbocycles. The van der Waals surface area contributed by atoms with E-state index in [1.165, 1.54) is 0 Å². The predicted molar refractivity (Wildman–Crippen MR) is 71.4 cm³/mol. The van der Waals surface area contributed by atoms with Gasteiger partial charge in [-0.05, 0) is 27.7 Å². The van der Waals surface area contributed by atoms with Crippen LogP contribution in [0.3, 0.4) is 0 Å². The van der Waals surface area contributed by atoms with Crippen molar-refractivity contribution >= 4 is 12.0 Å². The number of hydrogen-bond acceptors (Lipinski definition) is 7. The average Bonchev–Trinajstić information content (AvgIpc) is 2.26. The summed E-state index contributed by atoms with van der Waals surface area (Å²) >= 11 is 0. The second kappa shape index (κ2) is 8.60. The minimum Gasteiger partial charge on any atom is -0.479 e. The smallest absolute Gasteiger partial charge is 0.434 e. The number of hydrogen-bond donors (Lipinski definition) is 2. The number of aliphatic hydroxyl groups excluding tert-OH is 1. The van der Waals surface area contributed by atoms with Gasteiger partial charge >= 0.3 is 6.09 Å². The van der Waals surface area contributed by atoms with E-state index < -0.39 is 17.8 Å². The van der Waals surface area contributed by atoms with Crippen molar-refractivity contribution in [2.45, 2.75) is 46.3 Å². The van der Waals surface area contributed by atoms with Crippen LogP contribution in [0.2, 0.25) is 0 Å². The Morgan fingerprint density at radius 3 is 2.50 bits per heavy atom. The van der Waals surface area contributed by atoms with Gasteiger partial charge in [0.2, 0.25) is 5.90 Å². The summed E-state index contributed by atoms with van der Waals surface area (Å²) in [7, 11) is 0. The number of hydroxylamine groups is 2. The maximum Gasteiger partial charge on any atom is 0.434 e. The van der Waals surface area contributed by atoms with Crippen molar-refractivity contribution in [3.63, 3.8) is 0 Å². The standard InChI is InChI=1S/C12H24N2O6/c1-6-18-9(2)13-19-8-10(15)7-14(17)11(16)20-12(3,4)5/h10,15,17H,6-8H2,1-5H3/b13-9-. The van der Waals surface area contributed by atoms with Crippen molar-refractivity contribution in [1.29, 1.82) is 0 Å². The first-order chi connectivity index (χ1) is 9.15. The molecule has 0 rings (SSSR count). The van der Waals surface area contributed by atoms with Gasteiger partial charge in [0.05, 0.1) is 13.2 Å². The highest BCUT2D eigenvalue weighted by atomic mass is 16.7. The van der Waals surface area contributed by atoms with Crippen LogP contribution < -0.4 is 0 Å². The Morgan fingerprint density at radius 2 is 2.00 bits per heavy atom. The number of carbonyl (C=O) groups is 1. The summed E-state index contributed by atoms with van der Waals surface area (Å²) in [5.74, 6) is 0.327. The topological polar surface area (TPSA) is 101 Å². The Labute approximate surface area is 118 Å². The molecule has 0 fully saturated rings. The van der Waals surface area contributed by atoms with Gasteiger partial charge in [0.25, 0.3) is 0 Å². The quantitative estimate of drug-likeness (QED) is 0.332. The van der Waals surface area contributed by atoms with E-state index in [2.05, 4.69) is 5.16 Å². The van der Waals surface area contributed by atoms with Crippen LogP contribution >= 0.6 is 0 Å². The fourth-order valence-corrected chi connectivity index (χ4v) is 1.09. The van der Waals surface area contributed by atoms with E-state index >= 15 is 0 Å². The highest BCUT2D eigenvalue weighted by Crippen LogP contribution is 2.09. The number of amides is 1. The van der Waals surface area contributed by atoms with E-state index in [4.69, 9.17) is 14.3 Å². The molecular weight excluding hydrogens is 268 g/mol. The lowest BCUT2D eigenvalue weighted by molar-refractivity contribution is -0.117. The Hall–Kier alpha value is -1.54. The van der Waals surface area contributed by atoms with Gasteiger partial charge in [-0.3, -0.25) is 5.21 Å². The lowest BCUT2D eigenvalue weighted by Crippen LogP contribution is -2.40. The van der Waals surface area contributed by atoms with Crippen LogP contribution in [0.1, 0.15) is 34.6 Å². The number of carbonyl (C=O) groups excluding carboxylic acids is 1. The van der Waals surface area contributed by atoms with Gasteiger partial charge in [-0.25, -0.2) is 4.79 Å². The second-order valence-electron chi connectivity index (χ2n) is 5.06. The van der Waals surface area contributed by atoms with Crippen LogP contribution in [-0.2, 0) is 14.3 Å². The molecule has 0 radical (unpaired) electrons. The molecule has 0 aliphatic rings. The van der Waals surface area contributed by atoms with Gasteiger partial charge in [0, 0.05) is 6.92 Å². The molecule has 0 aromatic carbocycles. The van der Waals surface area contributed by atoms with E-state index in [-0.39, 0.29) is 13.2 Å². The zero-order valence-corrected chi connectivity index (χ0v) is 12.6. The molecule has 0 aliphatic carbocycles. The fraction of sp³-hybridized carbons (Fsp3) is 0.833. The minimum atomic E-state index is -1.11. The lowest BCUT2D eigenvalue weighted by atomic mass is 10.2. The Balaban J connectivity index is 4.05. The molecule has 1 atom stereocenters. The molecule has 0 saturated heterocycles. The molecule has 8 nitrogen and oxygen atoms in total. The Morgan fingerprint density at radius 1 is 1.40 bits per heavy atom. The maximum absolute atomic E-state index is 11.4. The van der Waals surface area contributed by atoms with Crippen molar-refractivity contribution < 1.29 is 29.4 Å². The SMILES string of the molecule is CCO/C(C)=N\OCC(O)CN(O)C(=O)OC(C)(C)C. The molecular formula is C12H24N2O6. The third kappa shape index (κ3) is 9.40. The van der Waals surface area contributed by atoms with Gasteiger partial charge in [0.1, 0.15) is 18.3 Å². The molecule has 1 amide bonds. The molecule has 0 bridgehead atoms. The summed E-state index contributed by atoms with van der Waals surface area (Å²) in [4.78, 5) is 16.2. The van der Waals surface area contributed by atoms with Crippen molar-refractivity contribution in [3.05, 3.63) is 0 Å². The summed E-state index contributed by atoms with van der Waals surface area (Å²) in [6.07, 6.45) is -2.05. The Bertz CT molecular complexity index is 326. The number of rotatable bonds is 6. The van der Waals surface area contributed by atoms with Crippen LogP contribution in [0.25, 0.3) is 0 Å². The number of oxime groups is 1. The first-order valence-corrected chi connectivity index (χ1v) is 6.32. The summed E-state index contributed by atoms with van der Waals surface area (Å²) in [6, 6.07) is 0. The van der Waals surface area contributed by atoms with E-state index in [0.29, 0.717) is 17.6 Å².